The van der Waals surface area contributed by atoms with Crippen LogP contribution in [-0.4, -0.2) is 138 Å². The van der Waals surface area contributed by atoms with Crippen molar-refractivity contribution < 1.29 is 77.1 Å². The van der Waals surface area contributed by atoms with Gasteiger partial charge in [-0.15, -0.1) is 0 Å². The number of hydrogen-bond acceptors (Lipinski definition) is 16. The molecule has 3 fully saturated rings. The summed E-state index contributed by atoms with van der Waals surface area (Å²) in [5, 5.41) is 34.2. The Bertz CT molecular complexity index is 1390. The lowest BCUT2D eigenvalue weighted by molar-refractivity contribution is -0.313. The van der Waals surface area contributed by atoms with Gasteiger partial charge < -0.3 is 58.0 Å². The minimum absolute atomic E-state index is 0.0826. The average molecular weight is 833 g/mol. The first kappa shape index (κ1) is 50.1. The highest BCUT2D eigenvalue weighted by Gasteiger charge is 2.53. The van der Waals surface area contributed by atoms with Crippen molar-refractivity contribution >= 4 is 23.7 Å². The van der Waals surface area contributed by atoms with Gasteiger partial charge in [0.25, 0.3) is 0 Å². The number of hydrogen-bond donors (Lipinski definition) is 3. The molecule has 0 aliphatic carbocycles. The summed E-state index contributed by atoms with van der Waals surface area (Å²) in [5.41, 5.74) is -3.06. The third-order valence-corrected chi connectivity index (χ3v) is 12.7. The summed E-state index contributed by atoms with van der Waals surface area (Å²) in [4.78, 5) is 53.5. The molecular formula is C42H72O16. The first-order chi connectivity index (χ1) is 26.8. The number of esters is 3. The molecule has 20 atom stereocenters. The van der Waals surface area contributed by atoms with Gasteiger partial charge in [-0.3, -0.25) is 19.2 Å². The first-order valence-corrected chi connectivity index (χ1v) is 20.7. The van der Waals surface area contributed by atoms with Crippen molar-refractivity contribution in [3.05, 3.63) is 0 Å². The fourth-order valence-electron chi connectivity index (χ4n) is 9.20. The molecule has 3 saturated heterocycles. The van der Waals surface area contributed by atoms with Gasteiger partial charge in [0.2, 0.25) is 0 Å². The Kier molecular flexibility index (Phi) is 17.7. The summed E-state index contributed by atoms with van der Waals surface area (Å²) in [6, 6.07) is 0. The van der Waals surface area contributed by atoms with Crippen LogP contribution in [0.3, 0.4) is 0 Å². The summed E-state index contributed by atoms with van der Waals surface area (Å²) in [6.45, 7) is 20.9. The summed E-state index contributed by atoms with van der Waals surface area (Å²) in [5.74, 6) is -7.59. The molecular weight excluding hydrogens is 760 g/mol. The molecule has 3 N–H and O–H groups in total. The molecule has 3 aliphatic heterocycles. The predicted molar refractivity (Wildman–Crippen MR) is 208 cm³/mol. The average Bonchev–Trinajstić information content (AvgIpc) is 3.13. The van der Waals surface area contributed by atoms with Crippen molar-refractivity contribution in [2.75, 3.05) is 14.2 Å². The summed E-state index contributed by atoms with van der Waals surface area (Å²) in [7, 11) is 2.98. The van der Waals surface area contributed by atoms with E-state index in [1.807, 2.05) is 6.92 Å². The molecule has 3 rings (SSSR count). The zero-order chi connectivity index (χ0) is 44.2. The quantitative estimate of drug-likeness (QED) is 0.212. The molecule has 16 nitrogen and oxygen atoms in total. The van der Waals surface area contributed by atoms with Gasteiger partial charge in [-0.05, 0) is 53.9 Å². The van der Waals surface area contributed by atoms with E-state index in [4.69, 9.17) is 42.6 Å². The van der Waals surface area contributed by atoms with E-state index in [-0.39, 0.29) is 18.9 Å². The van der Waals surface area contributed by atoms with E-state index in [0.29, 0.717) is 6.42 Å². The minimum atomic E-state index is -1.99. The summed E-state index contributed by atoms with van der Waals surface area (Å²) < 4.78 is 55.0. The van der Waals surface area contributed by atoms with E-state index in [9.17, 15) is 34.5 Å². The van der Waals surface area contributed by atoms with Gasteiger partial charge in [0.15, 0.2) is 24.5 Å². The standard InChI is InChI=1S/C42H72O16/c1-19-17-41(12,49)37(47)24(6)35(54-28(10)44)23(5)34(21(3)26(8)43)57-39(48)25(7)36(22(4)33(19)58-40-32(46)30(50-14)16-20(2)52-40)56-31-18-42(13,51-15)38(27(9)53-31)55-29(11)45/h19-27,30-36,38,40,43,46,49H,16-18H2,1-15H3/t19-,20+,21-,22+,23-,24+,25+,26-,27-,30-,31-,32+,33-,34+,35-,36-,38+,40-,41-,42+/m0/s1. The van der Waals surface area contributed by atoms with E-state index < -0.39 is 138 Å². The predicted octanol–water partition coefficient (Wildman–Crippen LogP) is 3.50. The normalized spacial score (nSPS) is 44.7. The Morgan fingerprint density at radius 3 is 1.97 bits per heavy atom. The second kappa shape index (κ2) is 20.5. The molecule has 0 radical (unpaired) electrons. The maximum Gasteiger partial charge on any atom is 0.311 e. The van der Waals surface area contributed by atoms with Gasteiger partial charge in [0.1, 0.15) is 29.5 Å². The topological polar surface area (TPSA) is 212 Å². The molecule has 58 heavy (non-hydrogen) atoms. The molecule has 0 saturated carbocycles. The molecule has 0 aromatic rings. The molecule has 3 heterocycles. The SMILES string of the molecule is CO[C@H]1C[C@@H](C)O[C@@H](O[C@@H]2[C@@H](C)[C@H](O[C@H]3C[C@@](C)(OC)[C@H](OC(C)=O)[C@H](C)O3)[C@@H](C)C(=O)O[C@H]([C@@H](C)[C@H](C)O)[C@H](C)[C@H](OC(C)=O)[C@@H](C)C(=O)[C@@](C)(O)C[C@@H]2C)[C@@H]1O. The molecule has 0 aromatic heterocycles. The van der Waals surface area contributed by atoms with E-state index >= 15 is 0 Å². The van der Waals surface area contributed by atoms with Crippen molar-refractivity contribution in [3.63, 3.8) is 0 Å². The Labute approximate surface area is 344 Å². The second-order valence-electron chi connectivity index (χ2n) is 17.7. The van der Waals surface area contributed by atoms with Gasteiger partial charge in [-0.1, -0.05) is 34.6 Å². The van der Waals surface area contributed by atoms with Crippen molar-refractivity contribution in [1.82, 2.24) is 0 Å². The summed E-state index contributed by atoms with van der Waals surface area (Å²) in [6.07, 6.45) is -10.8. The Hall–Kier alpha value is -2.28. The van der Waals surface area contributed by atoms with E-state index in [1.54, 1.807) is 62.3 Å². The van der Waals surface area contributed by atoms with Crippen LogP contribution in [0, 0.1) is 35.5 Å². The highest BCUT2D eigenvalue weighted by molar-refractivity contribution is 5.89. The van der Waals surface area contributed by atoms with Crippen LogP contribution < -0.4 is 0 Å². The minimum Gasteiger partial charge on any atom is -0.461 e. The second-order valence-corrected chi connectivity index (χ2v) is 17.7. The largest absolute Gasteiger partial charge is 0.461 e. The lowest BCUT2D eigenvalue weighted by Crippen LogP contribution is -2.59. The molecule has 0 bridgehead atoms. The zero-order valence-electron chi connectivity index (χ0n) is 37.2. The molecule has 3 aliphatic rings. The molecule has 0 amide bonds. The fraction of sp³-hybridized carbons (Fsp3) is 0.905. The lowest BCUT2D eigenvalue weighted by Gasteiger charge is -2.48. The molecule has 336 valence electrons. The van der Waals surface area contributed by atoms with Crippen LogP contribution in [0.25, 0.3) is 0 Å². The fourth-order valence-corrected chi connectivity index (χ4v) is 9.20. The van der Waals surface area contributed by atoms with Gasteiger partial charge in [0.05, 0.1) is 48.5 Å². The third kappa shape index (κ3) is 11.8. The highest BCUT2D eigenvalue weighted by atomic mass is 16.7. The number of cyclic esters (lactones) is 1. The maximum atomic E-state index is 14.6. The number of carbonyl (C=O) groups is 4. The number of aliphatic hydroxyl groups is 3. The van der Waals surface area contributed by atoms with Crippen LogP contribution in [0.4, 0.5) is 0 Å². The van der Waals surface area contributed by atoms with Crippen LogP contribution in [0.2, 0.25) is 0 Å². The van der Waals surface area contributed by atoms with Crippen molar-refractivity contribution in [2.24, 2.45) is 35.5 Å². The first-order valence-electron chi connectivity index (χ1n) is 20.7. The number of methoxy groups -OCH3 is 2. The highest BCUT2D eigenvalue weighted by Crippen LogP contribution is 2.41. The van der Waals surface area contributed by atoms with Gasteiger partial charge in [-0.25, -0.2) is 0 Å². The zero-order valence-corrected chi connectivity index (χ0v) is 37.2. The molecule has 0 unspecified atom stereocenters. The number of Topliss-reactive ketones (excluding diaryl/α,β-unsaturated/α-hetero) is 1. The summed E-state index contributed by atoms with van der Waals surface area (Å²) >= 11 is 0. The van der Waals surface area contributed by atoms with Gasteiger partial charge in [0, 0.05) is 58.7 Å². The Morgan fingerprint density at radius 1 is 0.828 bits per heavy atom. The van der Waals surface area contributed by atoms with Crippen LogP contribution in [0.1, 0.15) is 109 Å². The van der Waals surface area contributed by atoms with E-state index in [2.05, 4.69) is 0 Å². The van der Waals surface area contributed by atoms with Crippen molar-refractivity contribution in [3.8, 4) is 0 Å². The van der Waals surface area contributed by atoms with Gasteiger partial charge >= 0.3 is 17.9 Å². The number of ketones is 1. The maximum absolute atomic E-state index is 14.6. The lowest BCUT2D eigenvalue weighted by atomic mass is 9.74. The van der Waals surface area contributed by atoms with Crippen LogP contribution in [0.5, 0.6) is 0 Å². The van der Waals surface area contributed by atoms with Crippen LogP contribution >= 0.6 is 0 Å². The Balaban J connectivity index is 2.24. The molecule has 0 aromatic carbocycles. The van der Waals surface area contributed by atoms with E-state index in [1.165, 1.54) is 35.0 Å². The third-order valence-electron chi connectivity index (χ3n) is 12.7. The Morgan fingerprint density at radius 2 is 1.43 bits per heavy atom. The number of carbonyl (C=O) groups excluding carboxylic acids is 4. The monoisotopic (exact) mass is 832 g/mol. The van der Waals surface area contributed by atoms with Gasteiger partial charge in [-0.2, -0.15) is 0 Å². The number of rotatable bonds is 10. The van der Waals surface area contributed by atoms with Crippen molar-refractivity contribution in [2.45, 2.75) is 194 Å². The number of ether oxygens (including phenoxy) is 9. The van der Waals surface area contributed by atoms with Crippen LogP contribution in [0.15, 0.2) is 0 Å². The smallest absolute Gasteiger partial charge is 0.311 e. The van der Waals surface area contributed by atoms with E-state index in [0.717, 1.165) is 0 Å². The molecule has 0 spiro atoms. The van der Waals surface area contributed by atoms with Crippen LogP contribution in [-0.2, 0) is 61.8 Å². The number of aliphatic hydroxyl groups excluding tert-OH is 2. The molecule has 16 heteroatoms. The van der Waals surface area contributed by atoms with Crippen molar-refractivity contribution in [1.29, 1.82) is 0 Å².